The monoisotopic (exact) mass is 441 g/mol. The Balaban J connectivity index is 1.48. The van der Waals surface area contributed by atoms with Gasteiger partial charge in [0, 0.05) is 48.0 Å². The van der Waals surface area contributed by atoms with Gasteiger partial charge in [-0.2, -0.15) is 0 Å². The molecule has 7 heteroatoms. The van der Waals surface area contributed by atoms with Crippen LogP contribution in [0.2, 0.25) is 0 Å². The second kappa shape index (κ2) is 7.39. The molecule has 3 amide bonds. The Kier molecular flexibility index (Phi) is 4.93. The van der Waals surface area contributed by atoms with Gasteiger partial charge in [-0.1, -0.05) is 22.0 Å². The van der Waals surface area contributed by atoms with Crippen molar-refractivity contribution < 1.29 is 14.4 Å². The number of carbonyl (C=O) groups is 3. The normalized spacial score (nSPS) is 18.4. The highest BCUT2D eigenvalue weighted by atomic mass is 79.9. The average Bonchev–Trinajstić information content (AvgIpc) is 3.24. The van der Waals surface area contributed by atoms with E-state index in [4.69, 9.17) is 0 Å². The number of anilines is 3. The first-order valence-electron chi connectivity index (χ1n) is 9.20. The maximum absolute atomic E-state index is 12.6. The lowest BCUT2D eigenvalue weighted by molar-refractivity contribution is -0.122. The summed E-state index contributed by atoms with van der Waals surface area (Å²) in [7, 11) is 0. The number of fused-ring (bicyclic) bond motifs is 1. The van der Waals surface area contributed by atoms with E-state index in [0.717, 1.165) is 27.8 Å². The zero-order valence-electron chi connectivity index (χ0n) is 15.4. The van der Waals surface area contributed by atoms with Gasteiger partial charge >= 0.3 is 0 Å². The Hall–Kier alpha value is -2.67. The number of nitrogens with one attached hydrogen (secondary N) is 1. The second-order valence-corrected chi connectivity index (χ2v) is 8.05. The number of carbonyl (C=O) groups excluding carboxylic acids is 3. The van der Waals surface area contributed by atoms with E-state index in [1.165, 1.54) is 0 Å². The number of hydrogen-bond donors (Lipinski definition) is 1. The molecule has 1 N–H and O–H groups in total. The molecule has 4 rings (SSSR count). The predicted octanol–water partition coefficient (Wildman–Crippen LogP) is 3.35. The van der Waals surface area contributed by atoms with Crippen LogP contribution in [0, 0.1) is 5.92 Å². The van der Waals surface area contributed by atoms with Crippen LogP contribution in [0.1, 0.15) is 18.9 Å². The van der Waals surface area contributed by atoms with Gasteiger partial charge in [0.05, 0.1) is 5.92 Å². The minimum atomic E-state index is -0.395. The maximum Gasteiger partial charge on any atom is 0.229 e. The summed E-state index contributed by atoms with van der Waals surface area (Å²) in [6.45, 7) is 2.58. The standard InChI is InChI=1S/C21H20BrN3O3/c1-13(26)24-8-7-14-9-18(5-6-19(14)24)25-12-15(10-20(25)27)21(28)23-17-4-2-3-16(22)11-17/h2-6,9,11,15H,7-8,10,12H2,1H3,(H,23,28). The van der Waals surface area contributed by atoms with Crippen molar-refractivity contribution in [2.24, 2.45) is 5.92 Å². The molecule has 6 nitrogen and oxygen atoms in total. The number of benzene rings is 2. The third-order valence-electron chi connectivity index (χ3n) is 5.24. The molecule has 2 aromatic carbocycles. The highest BCUT2D eigenvalue weighted by Gasteiger charge is 2.36. The lowest BCUT2D eigenvalue weighted by Crippen LogP contribution is -2.28. The summed E-state index contributed by atoms with van der Waals surface area (Å²) >= 11 is 3.38. The molecule has 0 aliphatic carbocycles. The molecule has 0 spiro atoms. The largest absolute Gasteiger partial charge is 0.326 e. The topological polar surface area (TPSA) is 69.7 Å². The van der Waals surface area contributed by atoms with E-state index in [-0.39, 0.29) is 24.1 Å². The van der Waals surface area contributed by atoms with E-state index in [0.29, 0.717) is 18.8 Å². The summed E-state index contributed by atoms with van der Waals surface area (Å²) in [5.74, 6) is -0.588. The first kappa shape index (κ1) is 18.7. The van der Waals surface area contributed by atoms with Crippen LogP contribution in [0.4, 0.5) is 17.1 Å². The van der Waals surface area contributed by atoms with E-state index < -0.39 is 5.92 Å². The van der Waals surface area contributed by atoms with Crippen molar-refractivity contribution >= 4 is 50.7 Å². The molecule has 0 radical (unpaired) electrons. The van der Waals surface area contributed by atoms with Crippen LogP contribution >= 0.6 is 15.9 Å². The molecule has 2 aliphatic rings. The van der Waals surface area contributed by atoms with Gasteiger partial charge in [-0.15, -0.1) is 0 Å². The number of nitrogens with zero attached hydrogens (tertiary/aromatic N) is 2. The third kappa shape index (κ3) is 3.54. The van der Waals surface area contributed by atoms with Gasteiger partial charge in [0.15, 0.2) is 0 Å². The summed E-state index contributed by atoms with van der Waals surface area (Å²) in [4.78, 5) is 40.3. The molecular weight excluding hydrogens is 422 g/mol. The summed E-state index contributed by atoms with van der Waals surface area (Å²) in [6, 6.07) is 13.1. The van der Waals surface area contributed by atoms with E-state index in [9.17, 15) is 14.4 Å². The molecule has 1 fully saturated rings. The van der Waals surface area contributed by atoms with E-state index in [1.54, 1.807) is 16.7 Å². The Morgan fingerprint density at radius 1 is 1.18 bits per heavy atom. The van der Waals surface area contributed by atoms with Crippen molar-refractivity contribution in [3.05, 3.63) is 52.5 Å². The fourth-order valence-corrected chi connectivity index (χ4v) is 4.23. The minimum absolute atomic E-state index is 0.0213. The molecule has 2 aromatic rings. The minimum Gasteiger partial charge on any atom is -0.326 e. The van der Waals surface area contributed by atoms with E-state index in [2.05, 4.69) is 21.2 Å². The van der Waals surface area contributed by atoms with Crippen LogP contribution in [-0.2, 0) is 20.8 Å². The van der Waals surface area contributed by atoms with Gasteiger partial charge in [-0.25, -0.2) is 0 Å². The molecule has 1 atom stereocenters. The molecule has 1 saturated heterocycles. The van der Waals surface area contributed by atoms with Crippen molar-refractivity contribution in [3.63, 3.8) is 0 Å². The molecule has 0 saturated carbocycles. The number of rotatable bonds is 3. The lowest BCUT2D eigenvalue weighted by atomic mass is 10.1. The Morgan fingerprint density at radius 2 is 2.00 bits per heavy atom. The SMILES string of the molecule is CC(=O)N1CCc2cc(N3CC(C(=O)Nc4cccc(Br)c4)CC3=O)ccc21. The molecule has 144 valence electrons. The molecule has 0 aromatic heterocycles. The number of hydrogen-bond acceptors (Lipinski definition) is 3. The Labute approximate surface area is 171 Å². The fraction of sp³-hybridized carbons (Fsp3) is 0.286. The van der Waals surface area contributed by atoms with Crippen molar-refractivity contribution in [2.75, 3.05) is 28.2 Å². The third-order valence-corrected chi connectivity index (χ3v) is 5.73. The molecule has 0 bridgehead atoms. The van der Waals surface area contributed by atoms with Crippen LogP contribution < -0.4 is 15.1 Å². The summed E-state index contributed by atoms with van der Waals surface area (Å²) in [6.07, 6.45) is 0.966. The van der Waals surface area contributed by atoms with Gasteiger partial charge < -0.3 is 15.1 Å². The smallest absolute Gasteiger partial charge is 0.229 e. The van der Waals surface area contributed by atoms with Crippen LogP contribution in [0.15, 0.2) is 46.9 Å². The molecule has 2 heterocycles. The van der Waals surface area contributed by atoms with Crippen molar-refractivity contribution in [1.82, 2.24) is 0 Å². The summed E-state index contributed by atoms with van der Waals surface area (Å²) in [5, 5.41) is 2.89. The van der Waals surface area contributed by atoms with Crippen molar-refractivity contribution in [3.8, 4) is 0 Å². The van der Waals surface area contributed by atoms with Crippen LogP contribution in [0.25, 0.3) is 0 Å². The molecule has 28 heavy (non-hydrogen) atoms. The molecule has 1 unspecified atom stereocenters. The first-order valence-corrected chi connectivity index (χ1v) is 9.99. The number of amides is 3. The quantitative estimate of drug-likeness (QED) is 0.793. The zero-order chi connectivity index (χ0) is 19.8. The average molecular weight is 442 g/mol. The zero-order valence-corrected chi connectivity index (χ0v) is 17.0. The van der Waals surface area contributed by atoms with Gasteiger partial charge in [0.2, 0.25) is 17.7 Å². The van der Waals surface area contributed by atoms with Crippen LogP contribution in [-0.4, -0.2) is 30.8 Å². The second-order valence-electron chi connectivity index (χ2n) is 7.14. The van der Waals surface area contributed by atoms with Gasteiger partial charge in [-0.05, 0) is 48.4 Å². The Bertz CT molecular complexity index is 975. The highest BCUT2D eigenvalue weighted by molar-refractivity contribution is 9.10. The van der Waals surface area contributed by atoms with Crippen LogP contribution in [0.5, 0.6) is 0 Å². The summed E-state index contributed by atoms with van der Waals surface area (Å²) in [5.41, 5.74) is 3.45. The van der Waals surface area contributed by atoms with Crippen molar-refractivity contribution in [2.45, 2.75) is 19.8 Å². The first-order chi connectivity index (χ1) is 13.4. The van der Waals surface area contributed by atoms with Gasteiger partial charge in [0.1, 0.15) is 0 Å². The van der Waals surface area contributed by atoms with E-state index in [1.807, 2.05) is 42.5 Å². The number of halogens is 1. The highest BCUT2D eigenvalue weighted by Crippen LogP contribution is 2.34. The maximum atomic E-state index is 12.6. The van der Waals surface area contributed by atoms with Gasteiger partial charge in [-0.3, -0.25) is 14.4 Å². The predicted molar refractivity (Wildman–Crippen MR) is 111 cm³/mol. The Morgan fingerprint density at radius 3 is 2.75 bits per heavy atom. The fourth-order valence-electron chi connectivity index (χ4n) is 3.83. The van der Waals surface area contributed by atoms with E-state index >= 15 is 0 Å². The molecular formula is C21H20BrN3O3. The van der Waals surface area contributed by atoms with Crippen LogP contribution in [0.3, 0.4) is 0 Å². The lowest BCUT2D eigenvalue weighted by Gasteiger charge is -2.19. The van der Waals surface area contributed by atoms with Gasteiger partial charge in [0.25, 0.3) is 0 Å². The summed E-state index contributed by atoms with van der Waals surface area (Å²) < 4.78 is 0.882. The van der Waals surface area contributed by atoms with Crippen molar-refractivity contribution in [1.29, 1.82) is 0 Å². The molecule has 2 aliphatic heterocycles.